The molecule has 0 aliphatic heterocycles. The van der Waals surface area contributed by atoms with Gasteiger partial charge in [-0.1, -0.05) is 50.6 Å². The molecule has 2 aromatic carbocycles. The van der Waals surface area contributed by atoms with E-state index in [0.29, 0.717) is 22.9 Å². The van der Waals surface area contributed by atoms with Gasteiger partial charge in [0.1, 0.15) is 5.75 Å². The van der Waals surface area contributed by atoms with Crippen molar-refractivity contribution < 1.29 is 14.5 Å². The Hall–Kier alpha value is -2.93. The Morgan fingerprint density at radius 2 is 1.83 bits per heavy atom. The number of hydrogen-bond donors (Lipinski definition) is 1. The van der Waals surface area contributed by atoms with Gasteiger partial charge >= 0.3 is 0 Å². The van der Waals surface area contributed by atoms with E-state index in [0.717, 1.165) is 12.8 Å². The Morgan fingerprint density at radius 1 is 1.13 bits per heavy atom. The number of rotatable bonds is 12. The third-order valence-corrected chi connectivity index (χ3v) is 4.67. The van der Waals surface area contributed by atoms with Crippen molar-refractivity contribution in [2.75, 3.05) is 6.61 Å². The third kappa shape index (κ3) is 7.83. The van der Waals surface area contributed by atoms with E-state index in [1.807, 2.05) is 0 Å². The monoisotopic (exact) mass is 431 g/mol. The predicted molar refractivity (Wildman–Crippen MR) is 118 cm³/mol. The summed E-state index contributed by atoms with van der Waals surface area (Å²) in [5, 5.41) is 15.2. The van der Waals surface area contributed by atoms with Crippen molar-refractivity contribution in [2.45, 2.75) is 45.4 Å². The van der Waals surface area contributed by atoms with Crippen LogP contribution in [0, 0.1) is 10.1 Å². The fourth-order valence-electron chi connectivity index (χ4n) is 2.78. The molecule has 7 nitrogen and oxygen atoms in total. The molecule has 0 spiro atoms. The van der Waals surface area contributed by atoms with Crippen molar-refractivity contribution in [3.63, 3.8) is 0 Å². The topological polar surface area (TPSA) is 93.8 Å². The number of carbonyl (C=O) groups excluding carboxylic acids is 1. The molecule has 1 amide bonds. The minimum absolute atomic E-state index is 0.0823. The van der Waals surface area contributed by atoms with Crippen LogP contribution in [0.1, 0.15) is 61.4 Å². The number of ether oxygens (including phenoxy) is 1. The molecular weight excluding hydrogens is 406 g/mol. The van der Waals surface area contributed by atoms with Gasteiger partial charge in [-0.2, -0.15) is 5.10 Å². The lowest BCUT2D eigenvalue weighted by atomic mass is 10.1. The Bertz CT molecular complexity index is 869. The van der Waals surface area contributed by atoms with Gasteiger partial charge < -0.3 is 4.74 Å². The SMILES string of the molecule is CCCCCCCCOc1ccc(Cl)cc1/C=N/NC(=O)c1ccc([N+](=O)[O-])cc1. The molecule has 0 atom stereocenters. The zero-order valence-corrected chi connectivity index (χ0v) is 17.7. The molecule has 1 N–H and O–H groups in total. The maximum Gasteiger partial charge on any atom is 0.271 e. The average molecular weight is 432 g/mol. The third-order valence-electron chi connectivity index (χ3n) is 4.44. The van der Waals surface area contributed by atoms with Crippen molar-refractivity contribution in [1.82, 2.24) is 5.43 Å². The smallest absolute Gasteiger partial charge is 0.271 e. The van der Waals surface area contributed by atoms with E-state index in [2.05, 4.69) is 17.5 Å². The number of unbranched alkanes of at least 4 members (excludes halogenated alkanes) is 5. The number of nitro groups is 1. The molecule has 0 radical (unpaired) electrons. The number of halogens is 1. The Morgan fingerprint density at radius 3 is 2.53 bits per heavy atom. The first-order valence-corrected chi connectivity index (χ1v) is 10.4. The predicted octanol–water partition coefficient (Wildman–Crippen LogP) is 5.75. The first-order chi connectivity index (χ1) is 14.5. The summed E-state index contributed by atoms with van der Waals surface area (Å²) in [6.07, 6.45) is 8.52. The molecule has 0 unspecified atom stereocenters. The van der Waals surface area contributed by atoms with Gasteiger partial charge in [0.15, 0.2) is 0 Å². The summed E-state index contributed by atoms with van der Waals surface area (Å²) in [7, 11) is 0. The average Bonchev–Trinajstić information content (AvgIpc) is 2.74. The van der Waals surface area contributed by atoms with Crippen LogP contribution in [0.25, 0.3) is 0 Å². The molecule has 0 heterocycles. The van der Waals surface area contributed by atoms with Crippen LogP contribution in [0.2, 0.25) is 5.02 Å². The maximum atomic E-state index is 12.1. The molecule has 160 valence electrons. The molecule has 0 bridgehead atoms. The normalized spacial score (nSPS) is 10.9. The summed E-state index contributed by atoms with van der Waals surface area (Å²) in [5.74, 6) is 0.166. The summed E-state index contributed by atoms with van der Waals surface area (Å²) in [4.78, 5) is 22.3. The van der Waals surface area contributed by atoms with Gasteiger partial charge in [0.25, 0.3) is 11.6 Å². The van der Waals surface area contributed by atoms with E-state index < -0.39 is 10.8 Å². The van der Waals surface area contributed by atoms with Gasteiger partial charge in [0, 0.05) is 28.3 Å². The molecule has 0 saturated carbocycles. The highest BCUT2D eigenvalue weighted by atomic mass is 35.5. The van der Waals surface area contributed by atoms with Crippen molar-refractivity contribution in [3.8, 4) is 5.75 Å². The van der Waals surface area contributed by atoms with Gasteiger partial charge in [-0.05, 0) is 36.8 Å². The van der Waals surface area contributed by atoms with Crippen LogP contribution in [-0.4, -0.2) is 23.7 Å². The number of carbonyl (C=O) groups is 1. The van der Waals surface area contributed by atoms with Crippen molar-refractivity contribution >= 4 is 29.4 Å². The largest absolute Gasteiger partial charge is 0.493 e. The van der Waals surface area contributed by atoms with Crippen molar-refractivity contribution in [3.05, 3.63) is 68.7 Å². The van der Waals surface area contributed by atoms with Crippen molar-refractivity contribution in [1.29, 1.82) is 0 Å². The Kier molecular flexibility index (Phi) is 9.80. The summed E-state index contributed by atoms with van der Waals surface area (Å²) in [6.45, 7) is 2.80. The lowest BCUT2D eigenvalue weighted by molar-refractivity contribution is -0.384. The van der Waals surface area contributed by atoms with Crippen LogP contribution < -0.4 is 10.2 Å². The zero-order chi connectivity index (χ0) is 21.8. The van der Waals surface area contributed by atoms with E-state index in [4.69, 9.17) is 16.3 Å². The summed E-state index contributed by atoms with van der Waals surface area (Å²) in [5.41, 5.74) is 3.24. The van der Waals surface area contributed by atoms with Crippen LogP contribution in [-0.2, 0) is 0 Å². The highest BCUT2D eigenvalue weighted by Gasteiger charge is 2.09. The molecule has 0 aliphatic carbocycles. The number of hydrazone groups is 1. The lowest BCUT2D eigenvalue weighted by Gasteiger charge is -2.09. The number of nitro benzene ring substituents is 1. The standard InChI is InChI=1S/C22H26ClN3O4/c1-2-3-4-5-6-7-14-30-21-13-10-19(23)15-18(21)16-24-25-22(27)17-8-11-20(12-9-17)26(28)29/h8-13,15-16H,2-7,14H2,1H3,(H,25,27)/b24-16+. The van der Waals surface area contributed by atoms with Crippen LogP contribution >= 0.6 is 11.6 Å². The number of benzene rings is 2. The van der Waals surface area contributed by atoms with Gasteiger partial charge in [-0.25, -0.2) is 5.43 Å². The molecule has 2 rings (SSSR count). The number of nitrogens with zero attached hydrogens (tertiary/aromatic N) is 2. The fourth-order valence-corrected chi connectivity index (χ4v) is 2.96. The van der Waals surface area contributed by atoms with E-state index in [-0.39, 0.29) is 11.3 Å². The molecule has 0 aromatic heterocycles. The van der Waals surface area contributed by atoms with E-state index in [1.54, 1.807) is 18.2 Å². The number of amides is 1. The maximum absolute atomic E-state index is 12.1. The van der Waals surface area contributed by atoms with E-state index >= 15 is 0 Å². The first kappa shape index (κ1) is 23.3. The summed E-state index contributed by atoms with van der Waals surface area (Å²) >= 11 is 6.07. The number of nitrogens with one attached hydrogen (secondary N) is 1. The van der Waals surface area contributed by atoms with Gasteiger partial charge in [0.05, 0.1) is 17.7 Å². The lowest BCUT2D eigenvalue weighted by Crippen LogP contribution is -2.17. The quantitative estimate of drug-likeness (QED) is 0.200. The summed E-state index contributed by atoms with van der Waals surface area (Å²) < 4.78 is 5.85. The molecule has 2 aromatic rings. The highest BCUT2D eigenvalue weighted by molar-refractivity contribution is 6.30. The Balaban J connectivity index is 1.90. The van der Waals surface area contributed by atoms with Gasteiger partial charge in [-0.3, -0.25) is 14.9 Å². The van der Waals surface area contributed by atoms with Crippen LogP contribution in [0.15, 0.2) is 47.6 Å². The van der Waals surface area contributed by atoms with Crippen LogP contribution in [0.5, 0.6) is 5.75 Å². The second-order valence-electron chi connectivity index (χ2n) is 6.80. The second kappa shape index (κ2) is 12.6. The minimum atomic E-state index is -0.522. The molecule has 0 saturated heterocycles. The molecule has 8 heteroatoms. The van der Waals surface area contributed by atoms with Crippen LogP contribution in [0.4, 0.5) is 5.69 Å². The summed E-state index contributed by atoms with van der Waals surface area (Å²) in [6, 6.07) is 10.5. The molecule has 0 aliphatic rings. The van der Waals surface area contributed by atoms with Crippen LogP contribution in [0.3, 0.4) is 0 Å². The number of hydrogen-bond acceptors (Lipinski definition) is 5. The van der Waals surface area contributed by atoms with E-state index in [9.17, 15) is 14.9 Å². The van der Waals surface area contributed by atoms with Gasteiger partial charge in [-0.15, -0.1) is 0 Å². The van der Waals surface area contributed by atoms with Crippen molar-refractivity contribution in [2.24, 2.45) is 5.10 Å². The first-order valence-electron chi connectivity index (χ1n) is 10.0. The minimum Gasteiger partial charge on any atom is -0.493 e. The van der Waals surface area contributed by atoms with E-state index in [1.165, 1.54) is 56.2 Å². The zero-order valence-electron chi connectivity index (χ0n) is 17.0. The molecule has 0 fully saturated rings. The molecule has 30 heavy (non-hydrogen) atoms. The van der Waals surface area contributed by atoms with Gasteiger partial charge in [0.2, 0.25) is 0 Å². The fraction of sp³-hybridized carbons (Fsp3) is 0.364. The Labute approximate surface area is 181 Å². The highest BCUT2D eigenvalue weighted by Crippen LogP contribution is 2.22. The molecular formula is C22H26ClN3O4. The second-order valence-corrected chi connectivity index (χ2v) is 7.24. The number of non-ortho nitro benzene ring substituents is 1.